The summed E-state index contributed by atoms with van der Waals surface area (Å²) in [6.07, 6.45) is 2.04. The summed E-state index contributed by atoms with van der Waals surface area (Å²) in [6, 6.07) is 18.3. The van der Waals surface area contributed by atoms with Gasteiger partial charge in [-0.1, -0.05) is 42.1 Å². The molecule has 0 amide bonds. The Morgan fingerprint density at radius 1 is 1.00 bits per heavy atom. The fourth-order valence-corrected chi connectivity index (χ4v) is 2.86. The second-order valence-electron chi connectivity index (χ2n) is 4.33. The molecule has 0 aliphatic heterocycles. The van der Waals surface area contributed by atoms with Gasteiger partial charge in [0.05, 0.1) is 5.52 Å². The van der Waals surface area contributed by atoms with Gasteiger partial charge in [-0.15, -0.1) is 0 Å². The molecule has 3 rings (SSSR count). The van der Waals surface area contributed by atoms with E-state index in [2.05, 4.69) is 27.8 Å². The minimum Gasteiger partial charge on any atom is -0.273 e. The molecule has 4 heteroatoms. The Bertz CT molecular complexity index is 807. The molecule has 1 aromatic heterocycles. The molecule has 0 N–H and O–H groups in total. The number of fused-ring (bicyclic) bond motifs is 1. The fourth-order valence-electron chi connectivity index (χ4n) is 2.29. The maximum atomic E-state index is 4.74. The van der Waals surface area contributed by atoms with Crippen LogP contribution in [0.5, 0.6) is 0 Å². The van der Waals surface area contributed by atoms with Gasteiger partial charge < -0.3 is 0 Å². The van der Waals surface area contributed by atoms with Gasteiger partial charge in [-0.05, 0) is 30.5 Å². The van der Waals surface area contributed by atoms with Gasteiger partial charge in [0.25, 0.3) is 0 Å². The van der Waals surface area contributed by atoms with E-state index in [4.69, 9.17) is 4.98 Å². The molecule has 0 fully saturated rings. The zero-order valence-corrected chi connectivity index (χ0v) is 12.3. The number of hydrogen-bond acceptors (Lipinski definition) is 3. The average Bonchev–Trinajstić information content (AvgIpc) is 2.53. The summed E-state index contributed by atoms with van der Waals surface area (Å²) < 4.78 is 2.10. The molecular formula is C16H15N3S. The van der Waals surface area contributed by atoms with Crippen LogP contribution in [0.3, 0.4) is 0 Å². The molecule has 0 aliphatic carbocycles. The summed E-state index contributed by atoms with van der Waals surface area (Å²) in [6.45, 7) is 0. The highest BCUT2D eigenvalue weighted by Crippen LogP contribution is 2.18. The molecule has 100 valence electrons. The van der Waals surface area contributed by atoms with Gasteiger partial charge in [-0.3, -0.25) is 9.56 Å². The Kier molecular flexibility index (Phi) is 3.56. The highest BCUT2D eigenvalue weighted by Gasteiger charge is 2.09. The Balaban J connectivity index is 2.47. The average molecular weight is 281 g/mol. The highest BCUT2D eigenvalue weighted by atomic mass is 32.2. The van der Waals surface area contributed by atoms with Crippen molar-refractivity contribution in [2.45, 2.75) is 5.16 Å². The minimum absolute atomic E-state index is 0.936. The largest absolute Gasteiger partial charge is 0.273 e. The van der Waals surface area contributed by atoms with Crippen LogP contribution in [0.25, 0.3) is 16.6 Å². The third-order valence-electron chi connectivity index (χ3n) is 3.17. The highest BCUT2D eigenvalue weighted by molar-refractivity contribution is 7.98. The molecule has 20 heavy (non-hydrogen) atoms. The first-order valence-corrected chi connectivity index (χ1v) is 7.61. The van der Waals surface area contributed by atoms with E-state index in [0.29, 0.717) is 0 Å². The quantitative estimate of drug-likeness (QED) is 0.533. The third kappa shape index (κ3) is 2.12. The number of hydrogen-bond donors (Lipinski definition) is 0. The van der Waals surface area contributed by atoms with Crippen LogP contribution in [0.1, 0.15) is 0 Å². The first-order chi connectivity index (χ1) is 9.85. The molecule has 0 saturated carbocycles. The Labute approximate surface area is 122 Å². The summed E-state index contributed by atoms with van der Waals surface area (Å²) in [5.41, 5.74) is 2.99. The second kappa shape index (κ2) is 5.51. The second-order valence-corrected chi connectivity index (χ2v) is 5.11. The lowest BCUT2D eigenvalue weighted by Gasteiger charge is -2.13. The lowest BCUT2D eigenvalue weighted by molar-refractivity contribution is 0.799. The van der Waals surface area contributed by atoms with Gasteiger partial charge in [0, 0.05) is 18.1 Å². The predicted molar refractivity (Wildman–Crippen MR) is 84.3 cm³/mol. The van der Waals surface area contributed by atoms with Crippen molar-refractivity contribution in [2.75, 3.05) is 13.3 Å². The van der Waals surface area contributed by atoms with Crippen molar-refractivity contribution in [3.05, 3.63) is 60.1 Å². The smallest absolute Gasteiger partial charge is 0.174 e. The van der Waals surface area contributed by atoms with Crippen molar-refractivity contribution < 1.29 is 0 Å². The number of nitrogens with zero attached hydrogens (tertiary/aromatic N) is 3. The molecule has 0 radical (unpaired) electrons. The molecule has 0 spiro atoms. The van der Waals surface area contributed by atoms with Crippen molar-refractivity contribution in [1.82, 2.24) is 9.55 Å². The van der Waals surface area contributed by atoms with Crippen LogP contribution in [-0.2, 0) is 0 Å². The summed E-state index contributed by atoms with van der Waals surface area (Å²) in [7, 11) is 1.82. The van der Waals surface area contributed by atoms with Gasteiger partial charge in [0.15, 0.2) is 5.16 Å². The number of benzene rings is 2. The van der Waals surface area contributed by atoms with E-state index in [-0.39, 0.29) is 0 Å². The standard InChI is InChI=1S/C16H15N3S/c1-17-15-13-10-6-7-11-14(13)18-16(20-2)19(15)12-8-4-3-5-9-12/h3-11H,1-2H3. The van der Waals surface area contributed by atoms with E-state index in [1.807, 2.05) is 49.7 Å². The molecule has 0 unspecified atom stereocenters. The van der Waals surface area contributed by atoms with Crippen LogP contribution in [0.4, 0.5) is 0 Å². The van der Waals surface area contributed by atoms with Crippen LogP contribution in [-0.4, -0.2) is 22.9 Å². The van der Waals surface area contributed by atoms with Crippen LogP contribution >= 0.6 is 11.8 Å². The molecule has 2 aromatic carbocycles. The first-order valence-electron chi connectivity index (χ1n) is 6.39. The zero-order valence-electron chi connectivity index (χ0n) is 11.4. The molecule has 3 nitrogen and oxygen atoms in total. The SMILES string of the molecule is CN=c1c2ccccc2nc(SC)n1-c1ccccc1. The van der Waals surface area contributed by atoms with Crippen LogP contribution in [0, 0.1) is 0 Å². The summed E-state index contributed by atoms with van der Waals surface area (Å²) in [5.74, 6) is 0. The monoisotopic (exact) mass is 281 g/mol. The van der Waals surface area contributed by atoms with Gasteiger partial charge >= 0.3 is 0 Å². The minimum atomic E-state index is 0.936. The molecule has 0 bridgehead atoms. The van der Waals surface area contributed by atoms with Crippen LogP contribution in [0.2, 0.25) is 0 Å². The molecule has 3 aromatic rings. The van der Waals surface area contributed by atoms with Crippen molar-refractivity contribution >= 4 is 22.7 Å². The van der Waals surface area contributed by atoms with E-state index >= 15 is 0 Å². The molecule has 1 heterocycles. The maximum absolute atomic E-state index is 4.74. The Morgan fingerprint density at radius 3 is 2.40 bits per heavy atom. The van der Waals surface area contributed by atoms with E-state index in [1.165, 1.54) is 0 Å². The zero-order chi connectivity index (χ0) is 13.9. The van der Waals surface area contributed by atoms with Gasteiger partial charge in [-0.2, -0.15) is 0 Å². The lowest BCUT2D eigenvalue weighted by atomic mass is 10.2. The molecular weight excluding hydrogens is 266 g/mol. The van der Waals surface area contributed by atoms with Crippen molar-refractivity contribution in [3.63, 3.8) is 0 Å². The van der Waals surface area contributed by atoms with Gasteiger partial charge in [0.2, 0.25) is 0 Å². The Hall–Kier alpha value is -2.07. The summed E-state index contributed by atoms with van der Waals surface area (Å²) >= 11 is 1.63. The fraction of sp³-hybridized carbons (Fsp3) is 0.125. The topological polar surface area (TPSA) is 30.2 Å². The maximum Gasteiger partial charge on any atom is 0.174 e. The van der Waals surface area contributed by atoms with Crippen LogP contribution in [0.15, 0.2) is 64.7 Å². The van der Waals surface area contributed by atoms with E-state index < -0.39 is 0 Å². The Morgan fingerprint density at radius 2 is 1.70 bits per heavy atom. The first kappa shape index (κ1) is 12.9. The van der Waals surface area contributed by atoms with Crippen LogP contribution < -0.4 is 5.49 Å². The number of para-hydroxylation sites is 2. The van der Waals surface area contributed by atoms with Crippen molar-refractivity contribution in [1.29, 1.82) is 0 Å². The third-order valence-corrected chi connectivity index (χ3v) is 3.81. The van der Waals surface area contributed by atoms with Crippen molar-refractivity contribution in [3.8, 4) is 5.69 Å². The predicted octanol–water partition coefficient (Wildman–Crippen LogP) is 3.28. The number of thioether (sulfide) groups is 1. The van der Waals surface area contributed by atoms with E-state index in [1.54, 1.807) is 11.8 Å². The number of aromatic nitrogens is 2. The summed E-state index contributed by atoms with van der Waals surface area (Å²) in [5, 5.41) is 2.01. The molecule has 0 saturated heterocycles. The van der Waals surface area contributed by atoms with E-state index in [0.717, 1.165) is 27.2 Å². The molecule has 0 aliphatic rings. The van der Waals surface area contributed by atoms with Gasteiger partial charge in [-0.25, -0.2) is 4.98 Å². The molecule has 0 atom stereocenters. The summed E-state index contributed by atoms with van der Waals surface area (Å²) in [4.78, 5) is 9.24. The number of rotatable bonds is 2. The van der Waals surface area contributed by atoms with Gasteiger partial charge in [0.1, 0.15) is 5.49 Å². The normalized spacial score (nSPS) is 12.0. The lowest BCUT2D eigenvalue weighted by Crippen LogP contribution is -2.23. The van der Waals surface area contributed by atoms with E-state index in [9.17, 15) is 0 Å². The van der Waals surface area contributed by atoms with Crippen molar-refractivity contribution in [2.24, 2.45) is 4.99 Å².